The summed E-state index contributed by atoms with van der Waals surface area (Å²) in [5.74, 6) is -0.627. The van der Waals surface area contributed by atoms with Crippen molar-refractivity contribution in [3.63, 3.8) is 0 Å². The molecule has 0 radical (unpaired) electrons. The number of benzene rings is 2. The van der Waals surface area contributed by atoms with E-state index in [0.29, 0.717) is 5.69 Å². The van der Waals surface area contributed by atoms with E-state index in [1.807, 2.05) is 6.07 Å². The van der Waals surface area contributed by atoms with E-state index in [0.717, 1.165) is 12.1 Å². The second kappa shape index (κ2) is 7.75. The second-order valence-corrected chi connectivity index (χ2v) is 5.58. The Balaban J connectivity index is 1.79. The molecule has 140 valence electrons. The van der Waals surface area contributed by atoms with Crippen LogP contribution >= 0.6 is 0 Å². The van der Waals surface area contributed by atoms with E-state index in [-0.39, 0.29) is 22.9 Å². The van der Waals surface area contributed by atoms with E-state index >= 15 is 0 Å². The maximum absolute atomic E-state index is 12.8. The maximum atomic E-state index is 12.8. The molecule has 0 unspecified atom stereocenters. The summed E-state index contributed by atoms with van der Waals surface area (Å²) < 4.78 is 38.4. The zero-order chi connectivity index (χ0) is 20.1. The first-order valence-corrected chi connectivity index (χ1v) is 7.94. The number of carbonyl (C=O) groups excluding carboxylic acids is 1. The number of nitrogens with zero attached hydrogens (tertiary/aromatic N) is 3. The van der Waals surface area contributed by atoms with Crippen molar-refractivity contribution in [3.8, 4) is 6.07 Å². The predicted molar refractivity (Wildman–Crippen MR) is 95.9 cm³/mol. The van der Waals surface area contributed by atoms with Gasteiger partial charge in [-0.15, -0.1) is 0 Å². The van der Waals surface area contributed by atoms with Crippen molar-refractivity contribution < 1.29 is 18.0 Å². The lowest BCUT2D eigenvalue weighted by Crippen LogP contribution is -2.15. The number of hydrogen-bond acceptors (Lipinski definition) is 5. The van der Waals surface area contributed by atoms with Gasteiger partial charge in [-0.25, -0.2) is 9.97 Å². The predicted octanol–water partition coefficient (Wildman–Crippen LogP) is 4.36. The smallest absolute Gasteiger partial charge is 0.324 e. The van der Waals surface area contributed by atoms with Gasteiger partial charge in [-0.2, -0.15) is 18.4 Å². The van der Waals surface area contributed by atoms with E-state index in [1.54, 1.807) is 24.3 Å². The molecule has 0 fully saturated rings. The van der Waals surface area contributed by atoms with Crippen LogP contribution < -0.4 is 10.6 Å². The van der Waals surface area contributed by atoms with Crippen molar-refractivity contribution >= 4 is 23.2 Å². The van der Waals surface area contributed by atoms with Crippen molar-refractivity contribution in [2.75, 3.05) is 10.6 Å². The molecule has 0 aliphatic rings. The number of halogens is 3. The van der Waals surface area contributed by atoms with Gasteiger partial charge in [-0.1, -0.05) is 18.2 Å². The molecule has 6 nitrogen and oxygen atoms in total. The van der Waals surface area contributed by atoms with Crippen LogP contribution in [0.15, 0.2) is 60.8 Å². The quantitative estimate of drug-likeness (QED) is 0.698. The van der Waals surface area contributed by atoms with Crippen LogP contribution in [-0.4, -0.2) is 15.9 Å². The van der Waals surface area contributed by atoms with Crippen LogP contribution in [0, 0.1) is 11.3 Å². The first-order valence-electron chi connectivity index (χ1n) is 7.94. The number of alkyl halides is 3. The fourth-order valence-corrected chi connectivity index (χ4v) is 2.32. The summed E-state index contributed by atoms with van der Waals surface area (Å²) in [7, 11) is 0. The molecule has 2 N–H and O–H groups in total. The van der Waals surface area contributed by atoms with Crippen molar-refractivity contribution in [3.05, 3.63) is 77.6 Å². The highest BCUT2D eigenvalue weighted by molar-refractivity contribution is 6.03. The highest BCUT2D eigenvalue weighted by Crippen LogP contribution is 2.31. The summed E-state index contributed by atoms with van der Waals surface area (Å²) >= 11 is 0. The highest BCUT2D eigenvalue weighted by Gasteiger charge is 2.30. The maximum Gasteiger partial charge on any atom is 0.416 e. The highest BCUT2D eigenvalue weighted by atomic mass is 19.4. The van der Waals surface area contributed by atoms with Crippen molar-refractivity contribution in [1.29, 1.82) is 5.26 Å². The third kappa shape index (κ3) is 4.42. The van der Waals surface area contributed by atoms with Gasteiger partial charge in [0.2, 0.25) is 5.95 Å². The third-order valence-corrected chi connectivity index (χ3v) is 3.63. The number of para-hydroxylation sites is 1. The van der Waals surface area contributed by atoms with E-state index in [2.05, 4.69) is 20.6 Å². The minimum Gasteiger partial charge on any atom is -0.324 e. The molecule has 0 saturated heterocycles. The summed E-state index contributed by atoms with van der Waals surface area (Å²) in [6, 6.07) is 14.3. The van der Waals surface area contributed by atoms with Crippen molar-refractivity contribution in [2.45, 2.75) is 6.18 Å². The SMILES string of the molecule is N#Cc1ccccc1NC(=O)c1ccnc(Nc2cccc(C(F)(F)F)c2)n1. The number of nitrogens with one attached hydrogen (secondary N) is 2. The second-order valence-electron chi connectivity index (χ2n) is 5.58. The Bertz CT molecular complexity index is 1060. The molecule has 3 aromatic rings. The van der Waals surface area contributed by atoms with Crippen LogP contribution in [0.2, 0.25) is 0 Å². The molecule has 0 aliphatic carbocycles. The molecule has 0 spiro atoms. The Morgan fingerprint density at radius 2 is 1.86 bits per heavy atom. The van der Waals surface area contributed by atoms with Crippen LogP contribution in [0.4, 0.5) is 30.5 Å². The Labute approximate surface area is 157 Å². The standard InChI is InChI=1S/C19H12F3N5O/c20-19(21,22)13-5-3-6-14(10-13)25-18-24-9-8-16(27-18)17(28)26-15-7-2-1-4-12(15)11-23/h1-10H,(H,26,28)(H,24,25,27). The molecule has 2 aromatic carbocycles. The Morgan fingerprint density at radius 1 is 1.07 bits per heavy atom. The summed E-state index contributed by atoms with van der Waals surface area (Å²) in [6.45, 7) is 0. The van der Waals surface area contributed by atoms with E-state index in [9.17, 15) is 18.0 Å². The summed E-state index contributed by atoms with van der Waals surface area (Å²) in [5, 5.41) is 14.3. The summed E-state index contributed by atoms with van der Waals surface area (Å²) in [5.41, 5.74) is -0.104. The van der Waals surface area contributed by atoms with Crippen molar-refractivity contribution in [1.82, 2.24) is 9.97 Å². The fourth-order valence-electron chi connectivity index (χ4n) is 2.32. The van der Waals surface area contributed by atoms with Crippen LogP contribution in [0.25, 0.3) is 0 Å². The lowest BCUT2D eigenvalue weighted by molar-refractivity contribution is -0.137. The van der Waals surface area contributed by atoms with Gasteiger partial charge < -0.3 is 10.6 Å². The molecule has 0 atom stereocenters. The first-order chi connectivity index (χ1) is 13.4. The van der Waals surface area contributed by atoms with Crippen LogP contribution in [0.1, 0.15) is 21.6 Å². The van der Waals surface area contributed by atoms with E-state index in [4.69, 9.17) is 5.26 Å². The van der Waals surface area contributed by atoms with Gasteiger partial charge >= 0.3 is 6.18 Å². The van der Waals surface area contributed by atoms with Gasteiger partial charge in [-0.05, 0) is 36.4 Å². The number of aromatic nitrogens is 2. The lowest BCUT2D eigenvalue weighted by Gasteiger charge is -2.10. The molecule has 0 bridgehead atoms. The number of anilines is 3. The zero-order valence-electron chi connectivity index (χ0n) is 14.2. The Hall–Kier alpha value is -3.93. The molecule has 1 aromatic heterocycles. The van der Waals surface area contributed by atoms with Gasteiger partial charge in [0.25, 0.3) is 5.91 Å². The van der Waals surface area contributed by atoms with Gasteiger partial charge in [0, 0.05) is 11.9 Å². The molecule has 1 amide bonds. The Morgan fingerprint density at radius 3 is 2.61 bits per heavy atom. The molecule has 28 heavy (non-hydrogen) atoms. The molecule has 0 saturated carbocycles. The lowest BCUT2D eigenvalue weighted by atomic mass is 10.2. The fraction of sp³-hybridized carbons (Fsp3) is 0.0526. The average molecular weight is 383 g/mol. The minimum absolute atomic E-state index is 0.0165. The molecule has 0 aliphatic heterocycles. The van der Waals surface area contributed by atoms with Gasteiger partial charge in [0.15, 0.2) is 0 Å². The molecule has 1 heterocycles. The van der Waals surface area contributed by atoms with Crippen molar-refractivity contribution in [2.24, 2.45) is 0 Å². The molecular formula is C19H12F3N5O. The van der Waals surface area contributed by atoms with E-state index in [1.165, 1.54) is 24.4 Å². The summed E-state index contributed by atoms with van der Waals surface area (Å²) in [4.78, 5) is 20.3. The van der Waals surface area contributed by atoms with Gasteiger partial charge in [-0.3, -0.25) is 4.79 Å². The minimum atomic E-state index is -4.48. The Kier molecular flexibility index (Phi) is 5.22. The van der Waals surface area contributed by atoms with Crippen LogP contribution in [0.5, 0.6) is 0 Å². The topological polar surface area (TPSA) is 90.7 Å². The van der Waals surface area contributed by atoms with Gasteiger partial charge in [0.1, 0.15) is 11.8 Å². The third-order valence-electron chi connectivity index (χ3n) is 3.63. The number of amides is 1. The monoisotopic (exact) mass is 383 g/mol. The number of hydrogen-bond donors (Lipinski definition) is 2. The first kappa shape index (κ1) is 18.8. The largest absolute Gasteiger partial charge is 0.416 e. The van der Waals surface area contributed by atoms with Crippen LogP contribution in [0.3, 0.4) is 0 Å². The zero-order valence-corrected chi connectivity index (χ0v) is 14.2. The number of carbonyl (C=O) groups is 1. The molecular weight excluding hydrogens is 371 g/mol. The number of nitriles is 1. The number of rotatable bonds is 4. The average Bonchev–Trinajstić information content (AvgIpc) is 2.68. The molecule has 9 heteroatoms. The van der Waals surface area contributed by atoms with E-state index < -0.39 is 17.6 Å². The van der Waals surface area contributed by atoms with Gasteiger partial charge in [0.05, 0.1) is 16.8 Å². The molecule has 3 rings (SSSR count). The van der Waals surface area contributed by atoms with Crippen LogP contribution in [-0.2, 0) is 6.18 Å². The summed E-state index contributed by atoms with van der Waals surface area (Å²) in [6.07, 6.45) is -3.18. The normalized spacial score (nSPS) is 10.8.